The number of ether oxygens (including phenoxy) is 2. The number of aliphatic hydroxyl groups is 1. The molecule has 1 unspecified atom stereocenters. The Morgan fingerprint density at radius 3 is 2.13 bits per heavy atom. The van der Waals surface area contributed by atoms with Crippen molar-refractivity contribution in [2.75, 3.05) is 26.4 Å². The Hall–Kier alpha value is -0.160. The molecule has 0 aromatic rings. The van der Waals surface area contributed by atoms with Crippen LogP contribution in [0.2, 0.25) is 0 Å². The highest BCUT2D eigenvalue weighted by molar-refractivity contribution is 4.70. The fourth-order valence-corrected chi connectivity index (χ4v) is 1.50. The predicted molar refractivity (Wildman–Crippen MR) is 60.8 cm³/mol. The van der Waals surface area contributed by atoms with E-state index >= 15 is 0 Å². The van der Waals surface area contributed by atoms with Gasteiger partial charge in [0.1, 0.15) is 0 Å². The average Bonchev–Trinajstić information content (AvgIpc) is 2.24. The number of hydrogen-bond donors (Lipinski definition) is 2. The van der Waals surface area contributed by atoms with E-state index in [1.165, 1.54) is 0 Å². The van der Waals surface area contributed by atoms with Crippen molar-refractivity contribution < 1.29 is 14.6 Å². The van der Waals surface area contributed by atoms with Crippen LogP contribution in [0.15, 0.2) is 0 Å². The summed E-state index contributed by atoms with van der Waals surface area (Å²) in [5, 5.41) is 12.0. The smallest absolute Gasteiger partial charge is 0.172 e. The molecule has 0 aromatic heterocycles. The van der Waals surface area contributed by atoms with Gasteiger partial charge in [-0.2, -0.15) is 0 Å². The summed E-state index contributed by atoms with van der Waals surface area (Å²) in [7, 11) is 0. The Kier molecular flexibility index (Phi) is 10.3. The van der Waals surface area contributed by atoms with Crippen LogP contribution in [0.5, 0.6) is 0 Å². The van der Waals surface area contributed by atoms with Gasteiger partial charge < -0.3 is 19.9 Å². The number of hydrogen-bond acceptors (Lipinski definition) is 4. The lowest BCUT2D eigenvalue weighted by atomic mass is 10.1. The van der Waals surface area contributed by atoms with Gasteiger partial charge in [-0.1, -0.05) is 13.3 Å². The molecule has 92 valence electrons. The van der Waals surface area contributed by atoms with Crippen LogP contribution in [-0.2, 0) is 9.47 Å². The van der Waals surface area contributed by atoms with Crippen LogP contribution in [0.25, 0.3) is 0 Å². The summed E-state index contributed by atoms with van der Waals surface area (Å²) in [6.07, 6.45) is 1.86. The molecule has 0 aromatic carbocycles. The van der Waals surface area contributed by atoms with Crippen LogP contribution in [0.4, 0.5) is 0 Å². The molecule has 0 aliphatic heterocycles. The van der Waals surface area contributed by atoms with Gasteiger partial charge in [0.25, 0.3) is 0 Å². The van der Waals surface area contributed by atoms with Crippen molar-refractivity contribution in [2.24, 2.45) is 0 Å². The summed E-state index contributed by atoms with van der Waals surface area (Å²) in [5.74, 6) is 0. The van der Waals surface area contributed by atoms with Crippen LogP contribution >= 0.6 is 0 Å². The summed E-state index contributed by atoms with van der Waals surface area (Å²) in [5.41, 5.74) is 0. The zero-order chi connectivity index (χ0) is 11.5. The normalized spacial score (nSPS) is 13.4. The van der Waals surface area contributed by atoms with Crippen LogP contribution in [0, 0.1) is 0 Å². The molecule has 0 aliphatic rings. The van der Waals surface area contributed by atoms with Gasteiger partial charge in [0, 0.05) is 19.8 Å². The van der Waals surface area contributed by atoms with Gasteiger partial charge in [-0.25, -0.2) is 0 Å². The highest BCUT2D eigenvalue weighted by Gasteiger charge is 2.20. The van der Waals surface area contributed by atoms with E-state index in [4.69, 9.17) is 14.6 Å². The van der Waals surface area contributed by atoms with Crippen molar-refractivity contribution in [1.82, 2.24) is 5.32 Å². The first-order valence-corrected chi connectivity index (χ1v) is 5.87. The molecule has 0 spiro atoms. The van der Waals surface area contributed by atoms with Crippen molar-refractivity contribution >= 4 is 0 Å². The van der Waals surface area contributed by atoms with Crippen molar-refractivity contribution in [3.05, 3.63) is 0 Å². The Morgan fingerprint density at radius 1 is 1.13 bits per heavy atom. The zero-order valence-corrected chi connectivity index (χ0v) is 10.2. The SMILES string of the molecule is CCCC(NCCO)C(OCC)OCC. The summed E-state index contributed by atoms with van der Waals surface area (Å²) >= 11 is 0. The summed E-state index contributed by atoms with van der Waals surface area (Å²) in [4.78, 5) is 0. The van der Waals surface area contributed by atoms with Gasteiger partial charge in [0.2, 0.25) is 0 Å². The van der Waals surface area contributed by atoms with Crippen molar-refractivity contribution in [3.8, 4) is 0 Å². The minimum absolute atomic E-state index is 0.144. The molecular formula is C11H25NO3. The number of nitrogens with one attached hydrogen (secondary N) is 1. The second kappa shape index (κ2) is 10.4. The van der Waals surface area contributed by atoms with Gasteiger partial charge in [-0.05, 0) is 20.3 Å². The van der Waals surface area contributed by atoms with E-state index in [1.807, 2.05) is 13.8 Å². The Morgan fingerprint density at radius 2 is 1.73 bits per heavy atom. The average molecular weight is 219 g/mol. The molecule has 2 N–H and O–H groups in total. The van der Waals surface area contributed by atoms with Gasteiger partial charge in [-0.3, -0.25) is 0 Å². The second-order valence-corrected chi connectivity index (χ2v) is 3.35. The molecule has 15 heavy (non-hydrogen) atoms. The third kappa shape index (κ3) is 6.84. The molecular weight excluding hydrogens is 194 g/mol. The fraction of sp³-hybridized carbons (Fsp3) is 1.00. The van der Waals surface area contributed by atoms with Crippen LogP contribution in [0.1, 0.15) is 33.6 Å². The zero-order valence-electron chi connectivity index (χ0n) is 10.2. The lowest BCUT2D eigenvalue weighted by Crippen LogP contribution is -2.44. The van der Waals surface area contributed by atoms with Gasteiger partial charge in [0.05, 0.1) is 12.6 Å². The quantitative estimate of drug-likeness (QED) is 0.541. The Balaban J connectivity index is 4.09. The van der Waals surface area contributed by atoms with Gasteiger partial charge in [0.15, 0.2) is 6.29 Å². The van der Waals surface area contributed by atoms with Crippen LogP contribution in [-0.4, -0.2) is 43.8 Å². The highest BCUT2D eigenvalue weighted by atomic mass is 16.7. The van der Waals surface area contributed by atoms with Crippen molar-refractivity contribution in [2.45, 2.75) is 45.9 Å². The number of aliphatic hydroxyl groups excluding tert-OH is 1. The molecule has 0 heterocycles. The Bertz CT molecular complexity index is 127. The van der Waals surface area contributed by atoms with E-state index in [2.05, 4.69) is 12.2 Å². The summed E-state index contributed by atoms with van der Waals surface area (Å²) in [6, 6.07) is 0.169. The Labute approximate surface area is 93.0 Å². The molecule has 1 atom stereocenters. The maximum atomic E-state index is 8.78. The third-order valence-corrected chi connectivity index (χ3v) is 2.11. The molecule has 0 aliphatic carbocycles. The second-order valence-electron chi connectivity index (χ2n) is 3.35. The lowest BCUT2D eigenvalue weighted by Gasteiger charge is -2.27. The van der Waals surface area contributed by atoms with Crippen LogP contribution in [0.3, 0.4) is 0 Å². The first kappa shape index (κ1) is 14.8. The predicted octanol–water partition coefficient (Wildman–Crippen LogP) is 1.14. The lowest BCUT2D eigenvalue weighted by molar-refractivity contribution is -0.155. The molecule has 4 nitrogen and oxygen atoms in total. The molecule has 4 heteroatoms. The monoisotopic (exact) mass is 219 g/mol. The fourth-order valence-electron chi connectivity index (χ4n) is 1.50. The summed E-state index contributed by atoms with van der Waals surface area (Å²) in [6.45, 7) is 8.06. The van der Waals surface area contributed by atoms with E-state index < -0.39 is 0 Å². The molecule has 0 amide bonds. The third-order valence-electron chi connectivity index (χ3n) is 2.11. The molecule has 0 saturated carbocycles. The maximum absolute atomic E-state index is 8.78. The molecule has 0 radical (unpaired) electrons. The molecule has 0 fully saturated rings. The molecule has 0 saturated heterocycles. The van der Waals surface area contributed by atoms with Gasteiger partial charge >= 0.3 is 0 Å². The van der Waals surface area contributed by atoms with E-state index in [0.29, 0.717) is 19.8 Å². The van der Waals surface area contributed by atoms with E-state index in [0.717, 1.165) is 12.8 Å². The minimum atomic E-state index is -0.202. The van der Waals surface area contributed by atoms with Gasteiger partial charge in [-0.15, -0.1) is 0 Å². The minimum Gasteiger partial charge on any atom is -0.395 e. The van der Waals surface area contributed by atoms with Crippen molar-refractivity contribution in [3.63, 3.8) is 0 Å². The topological polar surface area (TPSA) is 50.7 Å². The largest absolute Gasteiger partial charge is 0.395 e. The van der Waals surface area contributed by atoms with Crippen LogP contribution < -0.4 is 5.32 Å². The summed E-state index contributed by atoms with van der Waals surface area (Å²) < 4.78 is 11.1. The first-order valence-electron chi connectivity index (χ1n) is 5.87. The van der Waals surface area contributed by atoms with E-state index in [9.17, 15) is 0 Å². The number of rotatable bonds is 10. The van der Waals surface area contributed by atoms with Crippen molar-refractivity contribution in [1.29, 1.82) is 0 Å². The van der Waals surface area contributed by atoms with E-state index in [1.54, 1.807) is 0 Å². The molecule has 0 rings (SSSR count). The van der Waals surface area contributed by atoms with E-state index in [-0.39, 0.29) is 18.9 Å². The maximum Gasteiger partial charge on any atom is 0.172 e. The molecule has 0 bridgehead atoms. The first-order chi connectivity index (χ1) is 7.29. The highest BCUT2D eigenvalue weighted by Crippen LogP contribution is 2.08. The standard InChI is InChI=1S/C11H25NO3/c1-4-7-10(12-8-9-13)11(14-5-2)15-6-3/h10-13H,4-9H2,1-3H3.